The molecule has 1 unspecified atom stereocenters. The number of carbonyl (C=O) groups excluding carboxylic acids is 1. The smallest absolute Gasteiger partial charge is 0.263 e. The first-order valence-electron chi connectivity index (χ1n) is 6.71. The number of aromatic nitrogens is 1. The number of nitrogens with zero attached hydrogens (tertiary/aromatic N) is 1. The van der Waals surface area contributed by atoms with E-state index in [4.69, 9.17) is 22.1 Å². The Bertz CT molecular complexity index is 882. The lowest BCUT2D eigenvalue weighted by Crippen LogP contribution is -2.39. The molecule has 7 nitrogen and oxygen atoms in total. The second-order valence-electron chi connectivity index (χ2n) is 5.10. The molecule has 1 amide bonds. The number of halogens is 1. The number of carbonyl (C=O) groups is 1. The molecule has 0 saturated carbocycles. The van der Waals surface area contributed by atoms with E-state index in [1.807, 2.05) is 0 Å². The Morgan fingerprint density at radius 1 is 1.46 bits per heavy atom. The zero-order valence-corrected chi connectivity index (χ0v) is 15.6. The van der Waals surface area contributed by atoms with Crippen LogP contribution in [-0.4, -0.2) is 26.4 Å². The first-order chi connectivity index (χ1) is 11.1. The highest BCUT2D eigenvalue weighted by Crippen LogP contribution is 2.33. The summed E-state index contributed by atoms with van der Waals surface area (Å²) in [5, 5.41) is 0.437. The predicted molar refractivity (Wildman–Crippen MR) is 92.7 cm³/mol. The zero-order valence-electron chi connectivity index (χ0n) is 13.2. The highest BCUT2D eigenvalue weighted by Gasteiger charge is 2.35. The molecule has 10 heteroatoms. The summed E-state index contributed by atoms with van der Waals surface area (Å²) in [5.41, 5.74) is 4.39. The van der Waals surface area contributed by atoms with E-state index in [0.717, 1.165) is 11.3 Å². The number of amides is 1. The Morgan fingerprint density at radius 2 is 2.12 bits per heavy atom. The van der Waals surface area contributed by atoms with E-state index >= 15 is 0 Å². The van der Waals surface area contributed by atoms with E-state index in [-0.39, 0.29) is 10.0 Å². The lowest BCUT2D eigenvalue weighted by atomic mass is 10.1. The van der Waals surface area contributed by atoms with Gasteiger partial charge in [-0.25, -0.2) is 13.4 Å². The summed E-state index contributed by atoms with van der Waals surface area (Å²) in [7, 11) is -2.53. The number of anilines is 1. The quantitative estimate of drug-likeness (QED) is 0.786. The van der Waals surface area contributed by atoms with E-state index in [1.54, 1.807) is 19.1 Å². The lowest BCUT2D eigenvalue weighted by molar-refractivity contribution is -0.138. The van der Waals surface area contributed by atoms with Crippen molar-refractivity contribution in [3.05, 3.63) is 39.9 Å². The van der Waals surface area contributed by atoms with Crippen molar-refractivity contribution in [2.24, 2.45) is 5.73 Å². The number of methoxy groups -OCH3 is 1. The number of sulfonamides is 1. The molecule has 0 fully saturated rings. The average molecular weight is 390 g/mol. The van der Waals surface area contributed by atoms with Crippen molar-refractivity contribution in [3.63, 3.8) is 0 Å². The van der Waals surface area contributed by atoms with Crippen LogP contribution in [0.15, 0.2) is 29.3 Å². The predicted octanol–water partition coefficient (Wildman–Crippen LogP) is 2.25. The molecule has 1 heterocycles. The molecule has 0 aliphatic rings. The van der Waals surface area contributed by atoms with Gasteiger partial charge in [0.25, 0.3) is 15.9 Å². The van der Waals surface area contributed by atoms with Crippen LogP contribution in [0.4, 0.5) is 5.13 Å². The maximum Gasteiger partial charge on any atom is 0.263 e. The third kappa shape index (κ3) is 3.39. The number of benzene rings is 1. The number of nitrogens with two attached hydrogens (primary N) is 1. The third-order valence-corrected chi connectivity index (χ3v) is 6.72. The van der Waals surface area contributed by atoms with Crippen LogP contribution in [0.25, 0.3) is 0 Å². The second-order valence-corrected chi connectivity index (χ2v) is 8.19. The Balaban J connectivity index is 2.36. The van der Waals surface area contributed by atoms with E-state index in [2.05, 4.69) is 9.71 Å². The monoisotopic (exact) mass is 389 g/mol. The summed E-state index contributed by atoms with van der Waals surface area (Å²) in [6.07, 6.45) is 1.35. The van der Waals surface area contributed by atoms with Gasteiger partial charge in [0.2, 0.25) is 0 Å². The molecule has 2 rings (SSSR count). The molecule has 1 aromatic heterocycles. The van der Waals surface area contributed by atoms with Gasteiger partial charge in [0.1, 0.15) is 0 Å². The summed E-state index contributed by atoms with van der Waals surface area (Å²) >= 11 is 6.93. The van der Waals surface area contributed by atoms with E-state index in [9.17, 15) is 13.2 Å². The molecule has 0 saturated heterocycles. The number of primary amides is 1. The van der Waals surface area contributed by atoms with E-state index in [1.165, 1.54) is 26.3 Å². The van der Waals surface area contributed by atoms with Gasteiger partial charge in [0.05, 0.1) is 9.77 Å². The molecule has 1 aromatic carbocycles. The molecule has 2 aromatic rings. The fourth-order valence-corrected chi connectivity index (χ4v) is 4.60. The average Bonchev–Trinajstić information content (AvgIpc) is 2.96. The van der Waals surface area contributed by atoms with Crippen molar-refractivity contribution >= 4 is 44.0 Å². The number of rotatable bonds is 6. The molecule has 0 bridgehead atoms. The summed E-state index contributed by atoms with van der Waals surface area (Å²) < 4.78 is 32.5. The number of hydrogen-bond donors (Lipinski definition) is 2. The normalized spacial score (nSPS) is 14.2. The number of nitrogens with one attached hydrogen (secondary N) is 1. The largest absolute Gasteiger partial charge is 0.367 e. The number of hydrogen-bond acceptors (Lipinski definition) is 6. The van der Waals surface area contributed by atoms with Crippen molar-refractivity contribution in [3.8, 4) is 0 Å². The topological polar surface area (TPSA) is 111 Å². The highest BCUT2D eigenvalue weighted by molar-refractivity contribution is 7.93. The second kappa shape index (κ2) is 6.67. The van der Waals surface area contributed by atoms with Crippen LogP contribution in [0.3, 0.4) is 0 Å². The molecular weight excluding hydrogens is 374 g/mol. The molecule has 0 aliphatic carbocycles. The lowest BCUT2D eigenvalue weighted by Gasteiger charge is -2.21. The minimum atomic E-state index is -3.87. The Morgan fingerprint density at radius 3 is 2.71 bits per heavy atom. The summed E-state index contributed by atoms with van der Waals surface area (Å²) in [5.74, 6) is -0.700. The SMILES string of the molecule is COC(C)(C(N)=O)c1cnc(NS(=O)(=O)c2cccc(Cl)c2C)s1. The minimum absolute atomic E-state index is 0.0520. The molecule has 0 radical (unpaired) electrons. The molecule has 0 spiro atoms. The molecule has 0 aliphatic heterocycles. The van der Waals surface area contributed by atoms with Gasteiger partial charge in [-0.1, -0.05) is 29.0 Å². The Labute approximate surface area is 148 Å². The Kier molecular flexibility index (Phi) is 5.19. The van der Waals surface area contributed by atoms with Crippen molar-refractivity contribution in [2.45, 2.75) is 24.3 Å². The number of ether oxygens (including phenoxy) is 1. The maximum absolute atomic E-state index is 12.5. The van der Waals surface area contributed by atoms with Crippen LogP contribution in [0.2, 0.25) is 5.02 Å². The zero-order chi connectivity index (χ0) is 18.1. The summed E-state index contributed by atoms with van der Waals surface area (Å²) in [4.78, 5) is 16.0. The van der Waals surface area contributed by atoms with Gasteiger partial charge in [-0.3, -0.25) is 9.52 Å². The van der Waals surface area contributed by atoms with Gasteiger partial charge >= 0.3 is 0 Å². The van der Waals surface area contributed by atoms with Crippen LogP contribution in [-0.2, 0) is 25.2 Å². The van der Waals surface area contributed by atoms with Crippen LogP contribution >= 0.6 is 22.9 Å². The van der Waals surface area contributed by atoms with Crippen molar-refractivity contribution in [2.75, 3.05) is 11.8 Å². The van der Waals surface area contributed by atoms with Crippen LogP contribution in [0.1, 0.15) is 17.4 Å². The van der Waals surface area contributed by atoms with Gasteiger partial charge in [-0.2, -0.15) is 0 Å². The van der Waals surface area contributed by atoms with Gasteiger partial charge in [0, 0.05) is 18.3 Å². The standard InChI is InChI=1S/C14H16ClN3O4S2/c1-8-9(15)5-4-6-10(8)24(20,21)18-13-17-7-11(23-13)14(2,22-3)12(16)19/h4-7H,1-3H3,(H2,16,19)(H,17,18). The summed E-state index contributed by atoms with van der Waals surface area (Å²) in [6, 6.07) is 4.60. The van der Waals surface area contributed by atoms with Crippen molar-refractivity contribution in [1.82, 2.24) is 4.98 Å². The van der Waals surface area contributed by atoms with Crippen LogP contribution in [0, 0.1) is 6.92 Å². The first-order valence-corrected chi connectivity index (χ1v) is 9.39. The van der Waals surface area contributed by atoms with Crippen molar-refractivity contribution in [1.29, 1.82) is 0 Å². The van der Waals surface area contributed by atoms with Crippen LogP contribution in [0.5, 0.6) is 0 Å². The van der Waals surface area contributed by atoms with E-state index in [0.29, 0.717) is 15.5 Å². The van der Waals surface area contributed by atoms with Crippen molar-refractivity contribution < 1.29 is 17.9 Å². The van der Waals surface area contributed by atoms with E-state index < -0.39 is 21.5 Å². The minimum Gasteiger partial charge on any atom is -0.367 e. The maximum atomic E-state index is 12.5. The summed E-state index contributed by atoms with van der Waals surface area (Å²) in [6.45, 7) is 3.10. The fourth-order valence-electron chi connectivity index (χ4n) is 1.91. The highest BCUT2D eigenvalue weighted by atomic mass is 35.5. The van der Waals surface area contributed by atoms with Gasteiger partial charge in [-0.15, -0.1) is 0 Å². The molecule has 3 N–H and O–H groups in total. The molecule has 1 atom stereocenters. The molecule has 130 valence electrons. The molecular formula is C14H16ClN3O4S2. The molecule has 24 heavy (non-hydrogen) atoms. The fraction of sp³-hybridized carbons (Fsp3) is 0.286. The number of thiazole rings is 1. The van der Waals surface area contributed by atoms with Gasteiger partial charge in [-0.05, 0) is 31.5 Å². The van der Waals surface area contributed by atoms with Gasteiger partial charge in [0.15, 0.2) is 10.7 Å². The first kappa shape index (κ1) is 18.7. The van der Waals surface area contributed by atoms with Crippen LogP contribution < -0.4 is 10.5 Å². The Hall–Kier alpha value is -1.68. The van der Waals surface area contributed by atoms with Gasteiger partial charge < -0.3 is 10.5 Å². The third-order valence-electron chi connectivity index (χ3n) is 3.58.